The Morgan fingerprint density at radius 2 is 2.04 bits per heavy atom. The van der Waals surface area contributed by atoms with Crippen molar-refractivity contribution in [1.29, 1.82) is 0 Å². The topological polar surface area (TPSA) is 74.8 Å². The average Bonchev–Trinajstić information content (AvgIpc) is 2.51. The highest BCUT2D eigenvalue weighted by Gasteiger charge is 2.40. The zero-order chi connectivity index (χ0) is 16.4. The minimum absolute atomic E-state index is 0.00314. The van der Waals surface area contributed by atoms with Gasteiger partial charge in [0.15, 0.2) is 6.04 Å². The van der Waals surface area contributed by atoms with Gasteiger partial charge in [0.2, 0.25) is 5.91 Å². The number of hydrogen-bond donors (Lipinski definition) is 3. The van der Waals surface area contributed by atoms with Gasteiger partial charge in [-0.25, -0.2) is 0 Å². The molecule has 3 atom stereocenters. The zero-order valence-corrected chi connectivity index (χ0v) is 13.9. The van der Waals surface area contributed by atoms with Crippen molar-refractivity contribution < 1.29 is 14.9 Å². The van der Waals surface area contributed by atoms with Crippen LogP contribution in [0.2, 0.25) is 0 Å². The summed E-state index contributed by atoms with van der Waals surface area (Å²) in [5.41, 5.74) is 3.14. The van der Waals surface area contributed by atoms with Crippen LogP contribution in [0.1, 0.15) is 43.2 Å². The van der Waals surface area contributed by atoms with Gasteiger partial charge in [-0.2, -0.15) is 0 Å². The minimum atomic E-state index is -0.305. The molecule has 2 amide bonds. The molecule has 5 heteroatoms. The lowest BCUT2D eigenvalue weighted by Gasteiger charge is -2.37. The first-order valence-electron chi connectivity index (χ1n) is 8.55. The SMILES string of the molecule is Cc1ccc(NC(=O)C[C@@H]2[NH2+][C@@H]3CCCC[C@@H]3NC2=O)cc1C. The maximum atomic E-state index is 12.3. The van der Waals surface area contributed by atoms with Crippen molar-refractivity contribution in [1.82, 2.24) is 5.32 Å². The number of rotatable bonds is 3. The first-order chi connectivity index (χ1) is 11.0. The van der Waals surface area contributed by atoms with Crippen LogP contribution in [0, 0.1) is 13.8 Å². The van der Waals surface area contributed by atoms with Crippen LogP contribution in [0.15, 0.2) is 18.2 Å². The molecule has 1 aliphatic carbocycles. The molecule has 1 heterocycles. The van der Waals surface area contributed by atoms with Crippen molar-refractivity contribution in [2.24, 2.45) is 0 Å². The predicted molar refractivity (Wildman–Crippen MR) is 89.1 cm³/mol. The summed E-state index contributed by atoms with van der Waals surface area (Å²) < 4.78 is 0. The van der Waals surface area contributed by atoms with Gasteiger partial charge >= 0.3 is 0 Å². The van der Waals surface area contributed by atoms with E-state index in [1.165, 1.54) is 18.4 Å². The lowest BCUT2D eigenvalue weighted by atomic mass is 9.87. The molecule has 3 rings (SSSR count). The van der Waals surface area contributed by atoms with Gasteiger partial charge in [0.05, 0.1) is 12.5 Å². The molecule has 124 valence electrons. The number of fused-ring (bicyclic) bond motifs is 1. The Bertz CT molecular complexity index is 614. The van der Waals surface area contributed by atoms with Crippen LogP contribution in [0.5, 0.6) is 0 Å². The highest BCUT2D eigenvalue weighted by atomic mass is 16.2. The summed E-state index contributed by atoms with van der Waals surface area (Å²) in [7, 11) is 0. The molecule has 23 heavy (non-hydrogen) atoms. The Labute approximate surface area is 137 Å². The molecule has 2 aliphatic rings. The van der Waals surface area contributed by atoms with Crippen molar-refractivity contribution in [2.45, 2.75) is 64.1 Å². The first-order valence-corrected chi connectivity index (χ1v) is 8.55. The fraction of sp³-hybridized carbons (Fsp3) is 0.556. The van der Waals surface area contributed by atoms with Gasteiger partial charge in [-0.15, -0.1) is 0 Å². The second-order valence-electron chi connectivity index (χ2n) is 6.91. The molecule has 0 bridgehead atoms. The van der Waals surface area contributed by atoms with Gasteiger partial charge in [-0.3, -0.25) is 9.59 Å². The highest BCUT2D eigenvalue weighted by Crippen LogP contribution is 2.19. The summed E-state index contributed by atoms with van der Waals surface area (Å²) in [6.07, 6.45) is 4.82. The molecule has 2 fully saturated rings. The molecule has 0 radical (unpaired) electrons. The monoisotopic (exact) mass is 316 g/mol. The van der Waals surface area contributed by atoms with Gasteiger partial charge in [0.1, 0.15) is 6.04 Å². The number of piperazine rings is 1. The second-order valence-corrected chi connectivity index (χ2v) is 6.91. The van der Waals surface area contributed by atoms with Gasteiger partial charge in [-0.1, -0.05) is 12.5 Å². The van der Waals surface area contributed by atoms with E-state index in [0.29, 0.717) is 6.04 Å². The fourth-order valence-corrected chi connectivity index (χ4v) is 3.64. The number of anilines is 1. The molecule has 1 saturated heterocycles. The van der Waals surface area contributed by atoms with Crippen LogP contribution in [0.25, 0.3) is 0 Å². The van der Waals surface area contributed by atoms with Crippen LogP contribution in [0.4, 0.5) is 5.69 Å². The Kier molecular flexibility index (Phi) is 4.66. The van der Waals surface area contributed by atoms with Crippen LogP contribution in [-0.4, -0.2) is 29.9 Å². The Hall–Kier alpha value is -1.88. The average molecular weight is 316 g/mol. The molecule has 0 unspecified atom stereocenters. The number of aryl methyl sites for hydroxylation is 2. The molecular weight excluding hydrogens is 290 g/mol. The minimum Gasteiger partial charge on any atom is -0.342 e. The zero-order valence-electron chi connectivity index (χ0n) is 13.9. The molecule has 1 aromatic rings. The summed E-state index contributed by atoms with van der Waals surface area (Å²) in [5.74, 6) is -0.0951. The maximum Gasteiger partial charge on any atom is 0.279 e. The van der Waals surface area contributed by atoms with E-state index in [1.54, 1.807) is 0 Å². The summed E-state index contributed by atoms with van der Waals surface area (Å²) in [5, 5.41) is 8.13. The third kappa shape index (κ3) is 3.72. The summed E-state index contributed by atoms with van der Waals surface area (Å²) in [6, 6.07) is 6.28. The van der Waals surface area contributed by atoms with Crippen molar-refractivity contribution in [3.8, 4) is 0 Å². The van der Waals surface area contributed by atoms with E-state index < -0.39 is 0 Å². The molecule has 1 saturated carbocycles. The van der Waals surface area contributed by atoms with Crippen molar-refractivity contribution in [3.05, 3.63) is 29.3 Å². The van der Waals surface area contributed by atoms with E-state index in [2.05, 4.69) is 16.0 Å². The number of hydrogen-bond acceptors (Lipinski definition) is 2. The van der Waals surface area contributed by atoms with Crippen molar-refractivity contribution >= 4 is 17.5 Å². The molecule has 1 aliphatic heterocycles. The summed E-state index contributed by atoms with van der Waals surface area (Å²) in [4.78, 5) is 24.5. The van der Waals surface area contributed by atoms with Gasteiger partial charge in [0.25, 0.3) is 5.91 Å². The van der Waals surface area contributed by atoms with Crippen molar-refractivity contribution in [3.63, 3.8) is 0 Å². The molecule has 1 aromatic carbocycles. The number of nitrogens with two attached hydrogens (primary N) is 1. The Morgan fingerprint density at radius 1 is 1.26 bits per heavy atom. The lowest BCUT2D eigenvalue weighted by Crippen LogP contribution is -3.03. The first kappa shape index (κ1) is 16.0. The molecule has 5 nitrogen and oxygen atoms in total. The van der Waals surface area contributed by atoms with Crippen LogP contribution < -0.4 is 16.0 Å². The quantitative estimate of drug-likeness (QED) is 0.778. The number of quaternary nitrogens is 1. The van der Waals surface area contributed by atoms with Crippen LogP contribution >= 0.6 is 0 Å². The number of nitrogens with one attached hydrogen (secondary N) is 2. The molecule has 0 aromatic heterocycles. The Morgan fingerprint density at radius 3 is 2.83 bits per heavy atom. The maximum absolute atomic E-state index is 12.3. The smallest absolute Gasteiger partial charge is 0.279 e. The van der Waals surface area contributed by atoms with Crippen LogP contribution in [0.3, 0.4) is 0 Å². The van der Waals surface area contributed by atoms with Crippen LogP contribution in [-0.2, 0) is 9.59 Å². The number of carbonyl (C=O) groups excluding carboxylic acids is 2. The van der Waals surface area contributed by atoms with E-state index in [0.717, 1.165) is 24.1 Å². The fourth-order valence-electron chi connectivity index (χ4n) is 3.64. The van der Waals surface area contributed by atoms with Crippen molar-refractivity contribution in [2.75, 3.05) is 5.32 Å². The van der Waals surface area contributed by atoms with Gasteiger partial charge < -0.3 is 16.0 Å². The van der Waals surface area contributed by atoms with E-state index in [9.17, 15) is 9.59 Å². The van der Waals surface area contributed by atoms with E-state index in [1.807, 2.05) is 32.0 Å². The van der Waals surface area contributed by atoms with E-state index >= 15 is 0 Å². The van der Waals surface area contributed by atoms with E-state index in [4.69, 9.17) is 0 Å². The molecule has 4 N–H and O–H groups in total. The largest absolute Gasteiger partial charge is 0.342 e. The number of benzene rings is 1. The predicted octanol–water partition coefficient (Wildman–Crippen LogP) is 1.01. The second kappa shape index (κ2) is 6.71. The number of amides is 2. The van der Waals surface area contributed by atoms with Gasteiger partial charge in [0, 0.05) is 12.1 Å². The molecule has 0 spiro atoms. The van der Waals surface area contributed by atoms with E-state index in [-0.39, 0.29) is 30.3 Å². The normalized spacial score (nSPS) is 27.0. The third-order valence-corrected chi connectivity index (χ3v) is 5.16. The third-order valence-electron chi connectivity index (χ3n) is 5.16. The standard InChI is InChI=1S/C18H25N3O2/c1-11-7-8-13(9-12(11)2)19-17(22)10-16-18(23)21-15-6-4-3-5-14(15)20-16/h7-9,14-16,20H,3-6,10H2,1-2H3,(H,19,22)(H,21,23)/p+1/t14-,15+,16+/m1/s1. The van der Waals surface area contributed by atoms with Gasteiger partial charge in [-0.05, 0) is 49.9 Å². The molecular formula is C18H26N3O2+. The Balaban J connectivity index is 1.58. The highest BCUT2D eigenvalue weighted by molar-refractivity contribution is 5.95. The lowest BCUT2D eigenvalue weighted by molar-refractivity contribution is -0.718. The summed E-state index contributed by atoms with van der Waals surface area (Å²) in [6.45, 7) is 4.07. The summed E-state index contributed by atoms with van der Waals surface area (Å²) >= 11 is 0. The number of carbonyl (C=O) groups is 2.